The van der Waals surface area contributed by atoms with Crippen LogP contribution in [0.4, 0.5) is 17.2 Å². The predicted molar refractivity (Wildman–Crippen MR) is 111 cm³/mol. The second-order valence-corrected chi connectivity index (χ2v) is 7.47. The van der Waals surface area contributed by atoms with E-state index in [1.54, 1.807) is 13.4 Å². The molecule has 28 heavy (non-hydrogen) atoms. The molecule has 1 aliphatic carbocycles. The van der Waals surface area contributed by atoms with Gasteiger partial charge in [0.25, 0.3) is 0 Å². The molecule has 1 saturated heterocycles. The van der Waals surface area contributed by atoms with Gasteiger partial charge in [0.05, 0.1) is 7.11 Å². The lowest BCUT2D eigenvalue weighted by Gasteiger charge is -2.37. The molecule has 4 rings (SSSR count). The number of nitrogens with zero attached hydrogens (tertiary/aromatic N) is 4. The van der Waals surface area contributed by atoms with Crippen molar-refractivity contribution in [1.29, 1.82) is 0 Å². The van der Waals surface area contributed by atoms with E-state index in [4.69, 9.17) is 15.2 Å². The third kappa shape index (κ3) is 4.08. The first kappa shape index (κ1) is 18.7. The minimum absolute atomic E-state index is 0.228. The van der Waals surface area contributed by atoms with Crippen LogP contribution in [0, 0.1) is 0 Å². The van der Waals surface area contributed by atoms with Crippen molar-refractivity contribution in [2.24, 2.45) is 0 Å². The maximum absolute atomic E-state index is 6.39. The first-order chi connectivity index (χ1) is 13.7. The predicted octanol–water partition coefficient (Wildman–Crippen LogP) is 3.11. The highest BCUT2D eigenvalue weighted by atomic mass is 16.5. The highest BCUT2D eigenvalue weighted by molar-refractivity contribution is 5.68. The number of hydrogen-bond donors (Lipinski definition) is 1. The summed E-state index contributed by atoms with van der Waals surface area (Å²) in [4.78, 5) is 13.3. The molecule has 1 saturated carbocycles. The van der Waals surface area contributed by atoms with Gasteiger partial charge in [-0.2, -0.15) is 4.98 Å². The average molecular weight is 383 g/mol. The molecule has 0 unspecified atom stereocenters. The van der Waals surface area contributed by atoms with E-state index in [-0.39, 0.29) is 6.10 Å². The number of rotatable bonds is 5. The van der Waals surface area contributed by atoms with E-state index >= 15 is 0 Å². The minimum Gasteiger partial charge on any atom is -0.497 e. The van der Waals surface area contributed by atoms with Crippen molar-refractivity contribution in [2.45, 2.75) is 38.2 Å². The summed E-state index contributed by atoms with van der Waals surface area (Å²) >= 11 is 0. The van der Waals surface area contributed by atoms with Crippen LogP contribution in [0.15, 0.2) is 30.6 Å². The highest BCUT2D eigenvalue weighted by Crippen LogP contribution is 2.32. The van der Waals surface area contributed by atoms with Gasteiger partial charge in [-0.25, -0.2) is 4.98 Å². The number of nitrogen functional groups attached to an aromatic ring is 1. The molecule has 2 aromatic rings. The summed E-state index contributed by atoms with van der Waals surface area (Å²) in [6.07, 6.45) is 7.69. The number of nitrogens with two attached hydrogens (primary N) is 1. The molecule has 150 valence electrons. The molecular formula is C21H29N5O2. The zero-order valence-electron chi connectivity index (χ0n) is 16.5. The number of piperazine rings is 1. The van der Waals surface area contributed by atoms with Crippen molar-refractivity contribution in [2.75, 3.05) is 48.8 Å². The number of methoxy groups -OCH3 is 1. The molecule has 0 spiro atoms. The van der Waals surface area contributed by atoms with Crippen LogP contribution in [0.5, 0.6) is 11.6 Å². The lowest BCUT2D eigenvalue weighted by atomic mass is 9.98. The monoisotopic (exact) mass is 383 g/mol. The molecule has 1 aliphatic heterocycles. The highest BCUT2D eigenvalue weighted by Gasteiger charge is 2.23. The quantitative estimate of drug-likeness (QED) is 0.850. The van der Waals surface area contributed by atoms with E-state index in [0.717, 1.165) is 50.6 Å². The fourth-order valence-electron chi connectivity index (χ4n) is 4.03. The number of anilines is 3. The molecule has 1 aromatic heterocycles. The zero-order valence-corrected chi connectivity index (χ0v) is 16.5. The number of ether oxygens (including phenoxy) is 2. The fraction of sp³-hybridized carbons (Fsp3) is 0.524. The summed E-state index contributed by atoms with van der Waals surface area (Å²) in [7, 11) is 1.69. The van der Waals surface area contributed by atoms with Gasteiger partial charge in [0, 0.05) is 31.9 Å². The largest absolute Gasteiger partial charge is 0.497 e. The van der Waals surface area contributed by atoms with E-state index in [1.807, 2.05) is 12.1 Å². The Morgan fingerprint density at radius 1 is 0.929 bits per heavy atom. The topological polar surface area (TPSA) is 76.7 Å². The maximum Gasteiger partial charge on any atom is 0.242 e. The molecular weight excluding hydrogens is 354 g/mol. The van der Waals surface area contributed by atoms with Crippen molar-refractivity contribution in [1.82, 2.24) is 9.97 Å². The Kier molecular flexibility index (Phi) is 5.69. The zero-order chi connectivity index (χ0) is 19.3. The summed E-state index contributed by atoms with van der Waals surface area (Å²) in [6, 6.07) is 8.20. The molecule has 7 heteroatoms. The van der Waals surface area contributed by atoms with Crippen LogP contribution in [0.3, 0.4) is 0 Å². The van der Waals surface area contributed by atoms with Gasteiger partial charge in [-0.05, 0) is 49.9 Å². The van der Waals surface area contributed by atoms with Crippen LogP contribution in [0.25, 0.3) is 0 Å². The SMILES string of the molecule is COc1ccc(N2CCN(c3ncnc(OC4CCCCC4)c3N)CC2)cc1. The molecule has 2 aliphatic rings. The van der Waals surface area contributed by atoms with Gasteiger partial charge in [-0.1, -0.05) is 6.42 Å². The van der Waals surface area contributed by atoms with Gasteiger partial charge in [0.15, 0.2) is 5.82 Å². The van der Waals surface area contributed by atoms with Crippen LogP contribution < -0.4 is 25.0 Å². The van der Waals surface area contributed by atoms with E-state index in [0.29, 0.717) is 11.6 Å². The van der Waals surface area contributed by atoms with Gasteiger partial charge in [0.2, 0.25) is 5.88 Å². The fourth-order valence-corrected chi connectivity index (χ4v) is 4.03. The molecule has 0 atom stereocenters. The Labute approximate surface area is 166 Å². The van der Waals surface area contributed by atoms with Crippen molar-refractivity contribution in [3.8, 4) is 11.6 Å². The van der Waals surface area contributed by atoms with Gasteiger partial charge in [-0.15, -0.1) is 0 Å². The maximum atomic E-state index is 6.39. The third-order valence-corrected chi connectivity index (χ3v) is 5.67. The Balaban J connectivity index is 1.40. The molecule has 1 aromatic carbocycles. The summed E-state index contributed by atoms with van der Waals surface area (Å²) < 4.78 is 11.3. The molecule has 2 fully saturated rings. The van der Waals surface area contributed by atoms with Crippen LogP contribution in [0.2, 0.25) is 0 Å². The molecule has 0 amide bonds. The first-order valence-electron chi connectivity index (χ1n) is 10.2. The normalized spacial score (nSPS) is 18.2. The Morgan fingerprint density at radius 2 is 1.61 bits per heavy atom. The van der Waals surface area contributed by atoms with Crippen LogP contribution >= 0.6 is 0 Å². The molecule has 7 nitrogen and oxygen atoms in total. The summed E-state index contributed by atoms with van der Waals surface area (Å²) in [5.74, 6) is 2.20. The smallest absolute Gasteiger partial charge is 0.242 e. The van der Waals surface area contributed by atoms with Crippen LogP contribution in [-0.2, 0) is 0 Å². The minimum atomic E-state index is 0.228. The van der Waals surface area contributed by atoms with E-state index in [2.05, 4.69) is 31.9 Å². The van der Waals surface area contributed by atoms with Crippen LogP contribution in [-0.4, -0.2) is 49.4 Å². The molecule has 0 radical (unpaired) electrons. The lowest BCUT2D eigenvalue weighted by molar-refractivity contribution is 0.149. The standard InChI is InChI=1S/C21H29N5O2/c1-27-17-9-7-16(8-10-17)25-11-13-26(14-12-25)20-19(22)21(24-15-23-20)28-18-5-3-2-4-6-18/h7-10,15,18H,2-6,11-14,22H2,1H3. The van der Waals surface area contributed by atoms with Gasteiger partial charge in [0.1, 0.15) is 23.9 Å². The average Bonchev–Trinajstić information content (AvgIpc) is 2.76. The molecule has 2 heterocycles. The van der Waals surface area contributed by atoms with Crippen molar-refractivity contribution in [3.63, 3.8) is 0 Å². The summed E-state index contributed by atoms with van der Waals surface area (Å²) in [5.41, 5.74) is 8.16. The first-order valence-corrected chi connectivity index (χ1v) is 10.2. The van der Waals surface area contributed by atoms with Crippen molar-refractivity contribution in [3.05, 3.63) is 30.6 Å². The third-order valence-electron chi connectivity index (χ3n) is 5.67. The van der Waals surface area contributed by atoms with Crippen molar-refractivity contribution < 1.29 is 9.47 Å². The second-order valence-electron chi connectivity index (χ2n) is 7.47. The Bertz CT molecular complexity index is 769. The van der Waals surface area contributed by atoms with Gasteiger partial charge >= 0.3 is 0 Å². The van der Waals surface area contributed by atoms with E-state index in [1.165, 1.54) is 24.9 Å². The summed E-state index contributed by atoms with van der Waals surface area (Å²) in [5, 5.41) is 0. The van der Waals surface area contributed by atoms with Gasteiger partial charge < -0.3 is 25.0 Å². The molecule has 0 bridgehead atoms. The number of hydrogen-bond acceptors (Lipinski definition) is 7. The van der Waals surface area contributed by atoms with Gasteiger partial charge in [-0.3, -0.25) is 0 Å². The van der Waals surface area contributed by atoms with E-state index in [9.17, 15) is 0 Å². The second kappa shape index (κ2) is 8.54. The van der Waals surface area contributed by atoms with E-state index < -0.39 is 0 Å². The lowest BCUT2D eigenvalue weighted by Crippen LogP contribution is -2.47. The van der Waals surface area contributed by atoms with Crippen molar-refractivity contribution >= 4 is 17.2 Å². The molecule has 2 N–H and O–H groups in total. The Morgan fingerprint density at radius 3 is 2.29 bits per heavy atom. The number of aromatic nitrogens is 2. The van der Waals surface area contributed by atoms with Crippen LogP contribution in [0.1, 0.15) is 32.1 Å². The summed E-state index contributed by atoms with van der Waals surface area (Å²) in [6.45, 7) is 3.54. The Hall–Kier alpha value is -2.70. The number of benzene rings is 1.